The number of nitrogens with zero attached hydrogens (tertiary/aromatic N) is 2. The summed E-state index contributed by atoms with van der Waals surface area (Å²) < 4.78 is 16.5. The number of aryl methyl sites for hydroxylation is 2. The zero-order chi connectivity index (χ0) is 19.6. The van der Waals surface area contributed by atoms with E-state index in [2.05, 4.69) is 10.2 Å². The van der Waals surface area contributed by atoms with Crippen molar-refractivity contribution in [2.75, 3.05) is 0 Å². The first-order chi connectivity index (χ1) is 12.8. The average Bonchev–Trinajstić information content (AvgIpc) is 3.20. The van der Waals surface area contributed by atoms with Crippen LogP contribution in [-0.4, -0.2) is 16.2 Å². The maximum absolute atomic E-state index is 12.6. The quantitative estimate of drug-likeness (QED) is 0.548. The molecule has 2 aromatic heterocycles. The van der Waals surface area contributed by atoms with Crippen molar-refractivity contribution >= 4 is 17.6 Å². The van der Waals surface area contributed by atoms with E-state index in [0.717, 1.165) is 16.9 Å². The van der Waals surface area contributed by atoms with Gasteiger partial charge in [-0.3, -0.25) is 4.79 Å². The minimum atomic E-state index is -0.400. The minimum Gasteiger partial charge on any atom is -0.466 e. The van der Waals surface area contributed by atoms with E-state index in [9.17, 15) is 4.79 Å². The Balaban J connectivity index is 1.69. The lowest BCUT2D eigenvalue weighted by Crippen LogP contribution is -2.20. The molecule has 7 heteroatoms. The third-order valence-electron chi connectivity index (χ3n) is 4.23. The van der Waals surface area contributed by atoms with E-state index in [1.807, 2.05) is 45.9 Å². The number of rotatable bonds is 6. The van der Waals surface area contributed by atoms with Crippen molar-refractivity contribution in [2.45, 2.75) is 40.2 Å². The molecule has 0 amide bonds. The Morgan fingerprint density at radius 3 is 2.44 bits per heavy atom. The standard InChI is InChI=1S/C20H21ClN2O4/c1-11(2)18(14-5-7-15(21)8-6-14)20(24)25-10-17-22-23-19(27-17)16-9-12(3)26-13(16)4/h5-9,11,18H,10H2,1-4H3/t18-/m1/s1. The van der Waals surface area contributed by atoms with Gasteiger partial charge >= 0.3 is 5.97 Å². The first-order valence-corrected chi connectivity index (χ1v) is 9.05. The Kier molecular flexibility index (Phi) is 5.65. The summed E-state index contributed by atoms with van der Waals surface area (Å²) in [5, 5.41) is 8.58. The van der Waals surface area contributed by atoms with Crippen molar-refractivity contribution in [3.8, 4) is 11.5 Å². The molecule has 0 unspecified atom stereocenters. The summed E-state index contributed by atoms with van der Waals surface area (Å²) in [6, 6.07) is 9.03. The van der Waals surface area contributed by atoms with Crippen LogP contribution in [-0.2, 0) is 16.1 Å². The van der Waals surface area contributed by atoms with Crippen LogP contribution < -0.4 is 0 Å². The maximum atomic E-state index is 12.6. The fourth-order valence-corrected chi connectivity index (χ4v) is 3.08. The summed E-state index contributed by atoms with van der Waals surface area (Å²) in [7, 11) is 0. The highest BCUT2D eigenvalue weighted by Crippen LogP contribution is 2.28. The van der Waals surface area contributed by atoms with Gasteiger partial charge in [0.2, 0.25) is 0 Å². The molecule has 0 radical (unpaired) electrons. The van der Waals surface area contributed by atoms with E-state index in [4.69, 9.17) is 25.2 Å². The van der Waals surface area contributed by atoms with E-state index in [1.54, 1.807) is 12.1 Å². The lowest BCUT2D eigenvalue weighted by atomic mass is 9.88. The van der Waals surface area contributed by atoms with Gasteiger partial charge in [0.25, 0.3) is 11.8 Å². The normalized spacial score (nSPS) is 12.4. The molecule has 0 aliphatic heterocycles. The maximum Gasteiger partial charge on any atom is 0.314 e. The first kappa shape index (κ1) is 19.2. The Labute approximate surface area is 162 Å². The van der Waals surface area contributed by atoms with Crippen LogP contribution in [0.4, 0.5) is 0 Å². The Morgan fingerprint density at radius 1 is 1.15 bits per heavy atom. The van der Waals surface area contributed by atoms with Gasteiger partial charge in [0.15, 0.2) is 6.61 Å². The van der Waals surface area contributed by atoms with Gasteiger partial charge in [-0.15, -0.1) is 10.2 Å². The Bertz CT molecular complexity index is 928. The molecule has 6 nitrogen and oxygen atoms in total. The van der Waals surface area contributed by atoms with E-state index in [1.165, 1.54) is 0 Å². The van der Waals surface area contributed by atoms with Crippen LogP contribution in [0.2, 0.25) is 5.02 Å². The second kappa shape index (κ2) is 7.96. The van der Waals surface area contributed by atoms with E-state index < -0.39 is 5.92 Å². The average molecular weight is 389 g/mol. The molecule has 0 bridgehead atoms. The number of furan rings is 1. The molecule has 1 atom stereocenters. The summed E-state index contributed by atoms with van der Waals surface area (Å²) in [4.78, 5) is 12.6. The summed E-state index contributed by atoms with van der Waals surface area (Å²) in [5.41, 5.74) is 1.59. The zero-order valence-corrected chi connectivity index (χ0v) is 16.4. The van der Waals surface area contributed by atoms with Crippen molar-refractivity contribution in [2.24, 2.45) is 5.92 Å². The van der Waals surface area contributed by atoms with Crippen LogP contribution in [0.3, 0.4) is 0 Å². The lowest BCUT2D eigenvalue weighted by Gasteiger charge is -2.19. The summed E-state index contributed by atoms with van der Waals surface area (Å²) >= 11 is 5.93. The zero-order valence-electron chi connectivity index (χ0n) is 15.7. The molecule has 0 N–H and O–H groups in total. The van der Waals surface area contributed by atoms with Gasteiger partial charge in [-0.2, -0.15) is 0 Å². The predicted octanol–water partition coefficient (Wildman–Crippen LogP) is 5.08. The number of aromatic nitrogens is 2. The van der Waals surface area contributed by atoms with Crippen LogP contribution in [0.5, 0.6) is 0 Å². The van der Waals surface area contributed by atoms with Crippen molar-refractivity contribution in [3.63, 3.8) is 0 Å². The summed E-state index contributed by atoms with van der Waals surface area (Å²) in [5.74, 6) is 1.35. The number of esters is 1. The Hall–Kier alpha value is -2.60. The van der Waals surface area contributed by atoms with Gasteiger partial charge in [-0.05, 0) is 43.5 Å². The second-order valence-electron chi connectivity index (χ2n) is 6.71. The molecule has 3 rings (SSSR count). The molecule has 3 aromatic rings. The second-order valence-corrected chi connectivity index (χ2v) is 7.15. The van der Waals surface area contributed by atoms with Crippen LogP contribution in [0.15, 0.2) is 39.2 Å². The molecule has 27 heavy (non-hydrogen) atoms. The lowest BCUT2D eigenvalue weighted by molar-refractivity contribution is -0.148. The monoisotopic (exact) mass is 388 g/mol. The van der Waals surface area contributed by atoms with E-state index >= 15 is 0 Å². The molecule has 142 valence electrons. The summed E-state index contributed by atoms with van der Waals surface area (Å²) in [6.45, 7) is 7.52. The SMILES string of the molecule is Cc1cc(-c2nnc(COC(=O)[C@@H](c3ccc(Cl)cc3)C(C)C)o2)c(C)o1. The highest BCUT2D eigenvalue weighted by Gasteiger charge is 2.26. The number of hydrogen-bond donors (Lipinski definition) is 0. The van der Waals surface area contributed by atoms with Crippen LogP contribution in [0.25, 0.3) is 11.5 Å². The number of halogens is 1. The molecule has 0 aliphatic rings. The number of carbonyl (C=O) groups excluding carboxylic acids is 1. The van der Waals surface area contributed by atoms with Gasteiger partial charge in [-0.1, -0.05) is 37.6 Å². The van der Waals surface area contributed by atoms with Crippen LogP contribution in [0.1, 0.15) is 42.7 Å². The number of ether oxygens (including phenoxy) is 1. The first-order valence-electron chi connectivity index (χ1n) is 8.67. The van der Waals surface area contributed by atoms with Gasteiger partial charge in [0, 0.05) is 5.02 Å². The molecule has 2 heterocycles. The molecular weight excluding hydrogens is 368 g/mol. The Morgan fingerprint density at radius 2 is 1.85 bits per heavy atom. The molecule has 1 aromatic carbocycles. The van der Waals surface area contributed by atoms with Crippen molar-refractivity contribution in [1.82, 2.24) is 10.2 Å². The van der Waals surface area contributed by atoms with E-state index in [0.29, 0.717) is 16.7 Å². The number of carbonyl (C=O) groups is 1. The fourth-order valence-electron chi connectivity index (χ4n) is 2.95. The third-order valence-corrected chi connectivity index (χ3v) is 4.48. The topological polar surface area (TPSA) is 78.4 Å². The largest absolute Gasteiger partial charge is 0.466 e. The van der Waals surface area contributed by atoms with Gasteiger partial charge in [-0.25, -0.2) is 0 Å². The van der Waals surface area contributed by atoms with E-state index in [-0.39, 0.29) is 24.4 Å². The van der Waals surface area contributed by atoms with Crippen molar-refractivity contribution in [3.05, 3.63) is 58.3 Å². The highest BCUT2D eigenvalue weighted by atomic mass is 35.5. The third kappa shape index (κ3) is 4.39. The smallest absolute Gasteiger partial charge is 0.314 e. The van der Waals surface area contributed by atoms with Gasteiger partial charge < -0.3 is 13.6 Å². The van der Waals surface area contributed by atoms with Gasteiger partial charge in [0.1, 0.15) is 11.5 Å². The van der Waals surface area contributed by atoms with Crippen molar-refractivity contribution in [1.29, 1.82) is 0 Å². The molecule has 0 aliphatic carbocycles. The fraction of sp³-hybridized carbons (Fsp3) is 0.350. The van der Waals surface area contributed by atoms with Gasteiger partial charge in [0.05, 0.1) is 11.5 Å². The molecule has 0 saturated heterocycles. The molecular formula is C20H21ClN2O4. The summed E-state index contributed by atoms with van der Waals surface area (Å²) in [6.07, 6.45) is 0. The van der Waals surface area contributed by atoms with Crippen LogP contribution in [0, 0.1) is 19.8 Å². The highest BCUT2D eigenvalue weighted by molar-refractivity contribution is 6.30. The van der Waals surface area contributed by atoms with Crippen LogP contribution >= 0.6 is 11.6 Å². The molecule has 0 fully saturated rings. The van der Waals surface area contributed by atoms with Crippen molar-refractivity contribution < 1.29 is 18.4 Å². The molecule has 0 spiro atoms. The number of hydrogen-bond acceptors (Lipinski definition) is 6. The predicted molar refractivity (Wildman–Crippen MR) is 100 cm³/mol. The number of benzene rings is 1. The molecule has 0 saturated carbocycles. The minimum absolute atomic E-state index is 0.0634.